The number of halogens is 1. The van der Waals surface area contributed by atoms with Crippen LogP contribution in [0.5, 0.6) is 0 Å². The van der Waals surface area contributed by atoms with Gasteiger partial charge in [-0.2, -0.15) is 0 Å². The van der Waals surface area contributed by atoms with Gasteiger partial charge in [0, 0.05) is 29.7 Å². The smallest absolute Gasteiger partial charge is 0.276 e. The van der Waals surface area contributed by atoms with Crippen LogP contribution in [0, 0.1) is 5.92 Å². The van der Waals surface area contributed by atoms with Crippen LogP contribution in [0.2, 0.25) is 5.02 Å². The molecule has 1 aliphatic rings. The van der Waals surface area contributed by atoms with Crippen LogP contribution in [0.1, 0.15) is 30.3 Å². The maximum absolute atomic E-state index is 12.6. The summed E-state index contributed by atoms with van der Waals surface area (Å²) in [7, 11) is 0. The van der Waals surface area contributed by atoms with E-state index < -0.39 is 0 Å². The Bertz CT molecular complexity index is 676. The predicted molar refractivity (Wildman–Crippen MR) is 94.1 cm³/mol. The molecule has 1 saturated heterocycles. The summed E-state index contributed by atoms with van der Waals surface area (Å²) in [5, 5.41) is 7.99. The van der Waals surface area contributed by atoms with Crippen molar-refractivity contribution in [2.75, 3.05) is 26.2 Å². The van der Waals surface area contributed by atoms with Gasteiger partial charge in [-0.25, -0.2) is 0 Å². The van der Waals surface area contributed by atoms with Gasteiger partial charge in [-0.15, -0.1) is 0 Å². The molecule has 0 spiro atoms. The molecule has 24 heavy (non-hydrogen) atoms. The van der Waals surface area contributed by atoms with E-state index in [1.165, 1.54) is 0 Å². The van der Waals surface area contributed by atoms with Gasteiger partial charge in [0.05, 0.1) is 0 Å². The highest BCUT2D eigenvalue weighted by Gasteiger charge is 2.25. The van der Waals surface area contributed by atoms with E-state index in [2.05, 4.69) is 17.4 Å². The van der Waals surface area contributed by atoms with Crippen LogP contribution in [-0.4, -0.2) is 42.1 Å². The number of nitrogens with one attached hydrogen (secondary N) is 1. The fourth-order valence-corrected chi connectivity index (χ4v) is 3.10. The summed E-state index contributed by atoms with van der Waals surface area (Å²) in [6, 6.07) is 8.98. The first-order valence-corrected chi connectivity index (χ1v) is 8.78. The third-order valence-electron chi connectivity index (χ3n) is 4.44. The van der Waals surface area contributed by atoms with E-state index in [-0.39, 0.29) is 5.91 Å². The van der Waals surface area contributed by atoms with Gasteiger partial charge >= 0.3 is 0 Å². The van der Waals surface area contributed by atoms with Crippen LogP contribution in [0.4, 0.5) is 0 Å². The zero-order chi connectivity index (χ0) is 16.9. The van der Waals surface area contributed by atoms with Crippen molar-refractivity contribution >= 4 is 17.5 Å². The molecule has 1 N–H and O–H groups in total. The SMILES string of the molecule is CCNCC1CCN(C(=O)c2cc(-c3ccc(Cl)cc3)on2)CC1. The molecule has 0 bridgehead atoms. The number of piperidine rings is 1. The molecule has 0 radical (unpaired) electrons. The molecule has 6 heteroatoms. The minimum absolute atomic E-state index is 0.0548. The highest BCUT2D eigenvalue weighted by atomic mass is 35.5. The van der Waals surface area contributed by atoms with E-state index in [4.69, 9.17) is 16.1 Å². The molecule has 128 valence electrons. The molecule has 0 aliphatic carbocycles. The second-order valence-electron chi connectivity index (χ2n) is 6.13. The molecule has 1 amide bonds. The van der Waals surface area contributed by atoms with Crippen molar-refractivity contribution in [1.29, 1.82) is 0 Å². The number of hydrogen-bond donors (Lipinski definition) is 1. The molecular formula is C18H22ClN3O2. The summed E-state index contributed by atoms with van der Waals surface area (Å²) in [6.45, 7) is 5.69. The highest BCUT2D eigenvalue weighted by molar-refractivity contribution is 6.30. The minimum Gasteiger partial charge on any atom is -0.355 e. The van der Waals surface area contributed by atoms with Crippen molar-refractivity contribution < 1.29 is 9.32 Å². The number of likely N-dealkylation sites (tertiary alicyclic amines) is 1. The Kier molecular flexibility index (Phi) is 5.53. The van der Waals surface area contributed by atoms with Gasteiger partial charge in [-0.05, 0) is 56.1 Å². The molecule has 0 atom stereocenters. The first-order valence-electron chi connectivity index (χ1n) is 8.40. The summed E-state index contributed by atoms with van der Waals surface area (Å²) < 4.78 is 5.33. The molecule has 2 heterocycles. The molecule has 1 aromatic carbocycles. The fraction of sp³-hybridized carbons (Fsp3) is 0.444. The molecule has 3 rings (SSSR count). The molecule has 0 saturated carbocycles. The number of aromatic nitrogens is 1. The topological polar surface area (TPSA) is 58.4 Å². The van der Waals surface area contributed by atoms with E-state index in [0.29, 0.717) is 22.4 Å². The average molecular weight is 348 g/mol. The number of nitrogens with zero attached hydrogens (tertiary/aromatic N) is 2. The molecule has 5 nitrogen and oxygen atoms in total. The van der Waals surface area contributed by atoms with E-state index in [0.717, 1.165) is 44.6 Å². The third kappa shape index (κ3) is 3.97. The number of amides is 1. The molecular weight excluding hydrogens is 326 g/mol. The number of rotatable bonds is 5. The largest absolute Gasteiger partial charge is 0.355 e. The van der Waals surface area contributed by atoms with Crippen LogP contribution in [0.15, 0.2) is 34.9 Å². The van der Waals surface area contributed by atoms with Crippen molar-refractivity contribution in [3.05, 3.63) is 41.0 Å². The second kappa shape index (κ2) is 7.81. The summed E-state index contributed by atoms with van der Waals surface area (Å²) in [5.74, 6) is 1.17. The van der Waals surface area contributed by atoms with Crippen molar-refractivity contribution in [3.63, 3.8) is 0 Å². The summed E-state index contributed by atoms with van der Waals surface area (Å²) in [4.78, 5) is 14.5. The lowest BCUT2D eigenvalue weighted by Crippen LogP contribution is -2.40. The zero-order valence-electron chi connectivity index (χ0n) is 13.8. The quantitative estimate of drug-likeness (QED) is 0.899. The van der Waals surface area contributed by atoms with Crippen LogP contribution in [0.25, 0.3) is 11.3 Å². The molecule has 1 aliphatic heterocycles. The van der Waals surface area contributed by atoms with Gasteiger partial charge < -0.3 is 14.7 Å². The monoisotopic (exact) mass is 347 g/mol. The van der Waals surface area contributed by atoms with Gasteiger partial charge in [-0.1, -0.05) is 23.7 Å². The highest BCUT2D eigenvalue weighted by Crippen LogP contribution is 2.24. The lowest BCUT2D eigenvalue weighted by molar-refractivity contribution is 0.0680. The predicted octanol–water partition coefficient (Wildman–Crippen LogP) is 3.46. The van der Waals surface area contributed by atoms with E-state index in [1.54, 1.807) is 18.2 Å². The third-order valence-corrected chi connectivity index (χ3v) is 4.69. The maximum atomic E-state index is 12.6. The first-order chi connectivity index (χ1) is 11.7. The van der Waals surface area contributed by atoms with E-state index in [1.807, 2.05) is 17.0 Å². The Morgan fingerprint density at radius 3 is 2.71 bits per heavy atom. The van der Waals surface area contributed by atoms with Gasteiger partial charge in [0.25, 0.3) is 5.91 Å². The molecule has 1 aromatic heterocycles. The molecule has 2 aromatic rings. The van der Waals surface area contributed by atoms with E-state index in [9.17, 15) is 4.79 Å². The summed E-state index contributed by atoms with van der Waals surface area (Å²) in [5.41, 5.74) is 1.22. The Hall–Kier alpha value is -1.85. The normalized spacial score (nSPS) is 15.7. The Labute approximate surface area is 147 Å². The molecule has 1 fully saturated rings. The summed E-state index contributed by atoms with van der Waals surface area (Å²) in [6.07, 6.45) is 2.06. The van der Waals surface area contributed by atoms with Crippen LogP contribution in [-0.2, 0) is 0 Å². The minimum atomic E-state index is -0.0548. The zero-order valence-corrected chi connectivity index (χ0v) is 14.6. The van der Waals surface area contributed by atoms with Crippen molar-refractivity contribution in [2.45, 2.75) is 19.8 Å². The number of hydrogen-bond acceptors (Lipinski definition) is 4. The number of benzene rings is 1. The number of carbonyl (C=O) groups is 1. The van der Waals surface area contributed by atoms with Crippen LogP contribution < -0.4 is 5.32 Å². The lowest BCUT2D eigenvalue weighted by atomic mass is 9.96. The fourth-order valence-electron chi connectivity index (χ4n) is 2.98. The van der Waals surface area contributed by atoms with E-state index >= 15 is 0 Å². The van der Waals surface area contributed by atoms with Crippen LogP contribution >= 0.6 is 11.6 Å². The van der Waals surface area contributed by atoms with Crippen LogP contribution in [0.3, 0.4) is 0 Å². The first kappa shape index (κ1) is 17.0. The van der Waals surface area contributed by atoms with Gasteiger partial charge in [0.15, 0.2) is 11.5 Å². The van der Waals surface area contributed by atoms with Gasteiger partial charge in [-0.3, -0.25) is 4.79 Å². The van der Waals surface area contributed by atoms with Gasteiger partial charge in [0.2, 0.25) is 0 Å². The lowest BCUT2D eigenvalue weighted by Gasteiger charge is -2.31. The van der Waals surface area contributed by atoms with Crippen molar-refractivity contribution in [2.24, 2.45) is 5.92 Å². The molecule has 0 unspecified atom stereocenters. The standard InChI is InChI=1S/C18H22ClN3O2/c1-2-20-12-13-7-9-22(10-8-13)18(23)16-11-17(24-21-16)14-3-5-15(19)6-4-14/h3-6,11,13,20H,2,7-10,12H2,1H3. The van der Waals surface area contributed by atoms with Crippen molar-refractivity contribution in [1.82, 2.24) is 15.4 Å². The Morgan fingerprint density at radius 1 is 1.33 bits per heavy atom. The average Bonchev–Trinajstić information content (AvgIpc) is 3.10. The number of carbonyl (C=O) groups excluding carboxylic acids is 1. The Balaban J connectivity index is 1.61. The maximum Gasteiger partial charge on any atom is 0.276 e. The van der Waals surface area contributed by atoms with Crippen molar-refractivity contribution in [3.8, 4) is 11.3 Å². The summed E-state index contributed by atoms with van der Waals surface area (Å²) >= 11 is 5.89. The Morgan fingerprint density at radius 2 is 2.04 bits per heavy atom. The van der Waals surface area contributed by atoms with Gasteiger partial charge in [0.1, 0.15) is 0 Å². The second-order valence-corrected chi connectivity index (χ2v) is 6.56.